The van der Waals surface area contributed by atoms with Crippen molar-refractivity contribution in [3.05, 3.63) is 105 Å². The predicted molar refractivity (Wildman–Crippen MR) is 140 cm³/mol. The number of aromatic nitrogens is 2. The third-order valence-electron chi connectivity index (χ3n) is 6.01. The first kappa shape index (κ1) is 24.4. The standard InChI is InChI=1S/C29H26N4O3/c1-5-21-9-12-24(13-10-21)36-28-25(29(35)33-14-6-7-19(3)26(33)32-28)16-22(17-30)27(34)31-23-11-8-18(2)20(4)15-23/h6-16H,5H2,1-4H3,(H,31,34)/b22-16-. The first-order valence-electron chi connectivity index (χ1n) is 11.6. The molecular weight excluding hydrogens is 452 g/mol. The fourth-order valence-corrected chi connectivity index (χ4v) is 3.71. The van der Waals surface area contributed by atoms with E-state index in [-0.39, 0.29) is 17.0 Å². The molecule has 1 N–H and O–H groups in total. The number of amides is 1. The molecule has 0 aliphatic rings. The van der Waals surface area contributed by atoms with Crippen molar-refractivity contribution in [2.45, 2.75) is 34.1 Å². The lowest BCUT2D eigenvalue weighted by Crippen LogP contribution is -2.20. The fourth-order valence-electron chi connectivity index (χ4n) is 3.71. The number of carbonyl (C=O) groups is 1. The van der Waals surface area contributed by atoms with E-state index in [1.165, 1.54) is 10.5 Å². The van der Waals surface area contributed by atoms with Crippen molar-refractivity contribution in [2.75, 3.05) is 5.32 Å². The van der Waals surface area contributed by atoms with Crippen molar-refractivity contribution in [1.29, 1.82) is 5.26 Å². The minimum Gasteiger partial charge on any atom is -0.438 e. The van der Waals surface area contributed by atoms with Crippen LogP contribution in [0.2, 0.25) is 0 Å². The van der Waals surface area contributed by atoms with E-state index < -0.39 is 11.5 Å². The summed E-state index contributed by atoms with van der Waals surface area (Å²) in [6, 6.07) is 18.4. The topological polar surface area (TPSA) is 96.5 Å². The highest BCUT2D eigenvalue weighted by Crippen LogP contribution is 2.25. The minimum atomic E-state index is -0.632. The zero-order chi connectivity index (χ0) is 25.8. The van der Waals surface area contributed by atoms with Crippen LogP contribution in [0.25, 0.3) is 11.7 Å². The van der Waals surface area contributed by atoms with Gasteiger partial charge in [-0.3, -0.25) is 14.0 Å². The quantitative estimate of drug-likeness (QED) is 0.291. The Labute approximate surface area is 209 Å². The number of ether oxygens (including phenoxy) is 1. The summed E-state index contributed by atoms with van der Waals surface area (Å²) in [7, 11) is 0. The second-order valence-electron chi connectivity index (χ2n) is 8.54. The molecule has 2 aromatic heterocycles. The van der Waals surface area contributed by atoms with Crippen molar-refractivity contribution in [1.82, 2.24) is 9.38 Å². The van der Waals surface area contributed by atoms with Crippen LogP contribution in [-0.2, 0) is 11.2 Å². The number of anilines is 1. The molecule has 0 bridgehead atoms. The molecule has 7 nitrogen and oxygen atoms in total. The molecule has 0 saturated carbocycles. The lowest BCUT2D eigenvalue weighted by atomic mass is 10.1. The molecule has 4 rings (SSSR count). The van der Waals surface area contributed by atoms with Gasteiger partial charge in [-0.05, 0) is 85.9 Å². The van der Waals surface area contributed by atoms with Gasteiger partial charge in [-0.25, -0.2) is 0 Å². The number of rotatable bonds is 6. The maximum Gasteiger partial charge on any atom is 0.269 e. The zero-order valence-electron chi connectivity index (χ0n) is 20.6. The Kier molecular flexibility index (Phi) is 6.98. The highest BCUT2D eigenvalue weighted by atomic mass is 16.5. The highest BCUT2D eigenvalue weighted by Gasteiger charge is 2.18. The van der Waals surface area contributed by atoms with Gasteiger partial charge in [-0.2, -0.15) is 10.2 Å². The van der Waals surface area contributed by atoms with Gasteiger partial charge in [0, 0.05) is 11.9 Å². The Bertz CT molecular complexity index is 1590. The van der Waals surface area contributed by atoms with Gasteiger partial charge in [0.2, 0.25) is 5.88 Å². The number of hydrogen-bond donors (Lipinski definition) is 1. The van der Waals surface area contributed by atoms with E-state index in [1.807, 2.05) is 57.2 Å². The number of nitrogens with zero attached hydrogens (tertiary/aromatic N) is 3. The van der Waals surface area contributed by atoms with E-state index in [2.05, 4.69) is 17.2 Å². The molecule has 2 aromatic carbocycles. The Balaban J connectivity index is 1.80. The van der Waals surface area contributed by atoms with Crippen LogP contribution in [0.1, 0.15) is 34.7 Å². The molecule has 0 fully saturated rings. The fraction of sp³-hybridized carbons (Fsp3) is 0.172. The monoisotopic (exact) mass is 478 g/mol. The molecule has 0 atom stereocenters. The maximum atomic E-state index is 13.5. The average molecular weight is 479 g/mol. The lowest BCUT2D eigenvalue weighted by Gasteiger charge is -2.12. The molecule has 180 valence electrons. The number of benzene rings is 2. The maximum absolute atomic E-state index is 13.5. The van der Waals surface area contributed by atoms with Crippen molar-refractivity contribution < 1.29 is 9.53 Å². The molecule has 0 unspecified atom stereocenters. The number of carbonyl (C=O) groups excluding carboxylic acids is 1. The first-order chi connectivity index (χ1) is 17.3. The van der Waals surface area contributed by atoms with Gasteiger partial charge in [0.25, 0.3) is 11.5 Å². The molecule has 0 radical (unpaired) electrons. The summed E-state index contributed by atoms with van der Waals surface area (Å²) >= 11 is 0. The Morgan fingerprint density at radius 1 is 1.08 bits per heavy atom. The number of fused-ring (bicyclic) bond motifs is 1. The van der Waals surface area contributed by atoms with E-state index in [0.717, 1.165) is 28.7 Å². The molecule has 0 aliphatic heterocycles. The third kappa shape index (κ3) is 5.03. The van der Waals surface area contributed by atoms with Gasteiger partial charge in [0.15, 0.2) is 0 Å². The van der Waals surface area contributed by atoms with E-state index >= 15 is 0 Å². The summed E-state index contributed by atoms with van der Waals surface area (Å²) in [5, 5.41) is 12.5. The summed E-state index contributed by atoms with van der Waals surface area (Å²) in [6.07, 6.45) is 3.70. The molecule has 7 heteroatoms. The Morgan fingerprint density at radius 3 is 2.50 bits per heavy atom. The van der Waals surface area contributed by atoms with Crippen LogP contribution in [0.3, 0.4) is 0 Å². The minimum absolute atomic E-state index is 0.00412. The van der Waals surface area contributed by atoms with Gasteiger partial charge in [-0.15, -0.1) is 0 Å². The van der Waals surface area contributed by atoms with Crippen LogP contribution in [0.5, 0.6) is 11.6 Å². The van der Waals surface area contributed by atoms with E-state index in [9.17, 15) is 14.9 Å². The predicted octanol–water partition coefficient (Wildman–Crippen LogP) is 5.52. The van der Waals surface area contributed by atoms with Gasteiger partial charge in [0.1, 0.15) is 28.6 Å². The van der Waals surface area contributed by atoms with Crippen LogP contribution in [-0.4, -0.2) is 15.3 Å². The summed E-state index contributed by atoms with van der Waals surface area (Å²) < 4.78 is 7.39. The van der Waals surface area contributed by atoms with E-state index in [4.69, 9.17) is 4.74 Å². The number of hydrogen-bond acceptors (Lipinski definition) is 5. The van der Waals surface area contributed by atoms with Crippen LogP contribution in [0, 0.1) is 32.1 Å². The van der Waals surface area contributed by atoms with Crippen molar-refractivity contribution in [2.24, 2.45) is 0 Å². The van der Waals surface area contributed by atoms with Crippen molar-refractivity contribution >= 4 is 23.3 Å². The van der Waals surface area contributed by atoms with E-state index in [1.54, 1.807) is 30.5 Å². The smallest absolute Gasteiger partial charge is 0.269 e. The summed E-state index contributed by atoms with van der Waals surface area (Å²) in [5.41, 5.74) is 4.31. The molecule has 2 heterocycles. The van der Waals surface area contributed by atoms with E-state index in [0.29, 0.717) is 17.1 Å². The summed E-state index contributed by atoms with van der Waals surface area (Å²) in [5.74, 6) is -0.122. The van der Waals surface area contributed by atoms with Gasteiger partial charge in [-0.1, -0.05) is 31.2 Å². The Hall–Kier alpha value is -4.70. The van der Waals surface area contributed by atoms with Crippen LogP contribution >= 0.6 is 0 Å². The normalized spacial score (nSPS) is 11.2. The molecular formula is C29H26N4O3. The first-order valence-corrected chi connectivity index (χ1v) is 11.6. The van der Waals surface area contributed by atoms with Crippen molar-refractivity contribution in [3.63, 3.8) is 0 Å². The zero-order valence-corrected chi connectivity index (χ0v) is 20.6. The number of pyridine rings is 1. The number of aryl methyl sites for hydroxylation is 4. The van der Waals surface area contributed by atoms with Gasteiger partial charge >= 0.3 is 0 Å². The van der Waals surface area contributed by atoms with Gasteiger partial charge in [0.05, 0.1) is 0 Å². The molecule has 1 amide bonds. The second-order valence-corrected chi connectivity index (χ2v) is 8.54. The third-order valence-corrected chi connectivity index (χ3v) is 6.01. The lowest BCUT2D eigenvalue weighted by molar-refractivity contribution is -0.112. The summed E-state index contributed by atoms with van der Waals surface area (Å²) in [4.78, 5) is 31.0. The molecule has 0 aliphatic carbocycles. The highest BCUT2D eigenvalue weighted by molar-refractivity contribution is 6.09. The SMILES string of the molecule is CCc1ccc(Oc2nc3c(C)cccn3c(=O)c2/C=C(/C#N)C(=O)Nc2ccc(C)c(C)c2)cc1. The van der Waals surface area contributed by atoms with Crippen LogP contribution < -0.4 is 15.6 Å². The van der Waals surface area contributed by atoms with Gasteiger partial charge < -0.3 is 10.1 Å². The molecule has 36 heavy (non-hydrogen) atoms. The number of nitriles is 1. The average Bonchev–Trinajstić information content (AvgIpc) is 2.87. The Morgan fingerprint density at radius 2 is 1.83 bits per heavy atom. The van der Waals surface area contributed by atoms with Crippen LogP contribution in [0.4, 0.5) is 5.69 Å². The largest absolute Gasteiger partial charge is 0.438 e. The van der Waals surface area contributed by atoms with Crippen LogP contribution in [0.15, 0.2) is 71.2 Å². The van der Waals surface area contributed by atoms with Crippen molar-refractivity contribution in [3.8, 4) is 17.7 Å². The summed E-state index contributed by atoms with van der Waals surface area (Å²) in [6.45, 7) is 7.81. The molecule has 0 spiro atoms. The molecule has 4 aromatic rings. The molecule has 0 saturated heterocycles. The second kappa shape index (κ2) is 10.3. The number of nitrogens with one attached hydrogen (secondary N) is 1.